The highest BCUT2D eigenvalue weighted by Gasteiger charge is 2.38. The summed E-state index contributed by atoms with van der Waals surface area (Å²) in [5, 5.41) is 12.0. The lowest BCUT2D eigenvalue weighted by Crippen LogP contribution is -2.32. The van der Waals surface area contributed by atoms with Crippen LogP contribution in [0.4, 0.5) is 0 Å². The Balaban J connectivity index is 2.09. The normalized spacial score (nSPS) is 11.8. The van der Waals surface area contributed by atoms with Gasteiger partial charge in [0.2, 0.25) is 0 Å². The molecule has 0 atom stereocenters. The highest BCUT2D eigenvalue weighted by molar-refractivity contribution is 5.80. The van der Waals surface area contributed by atoms with Gasteiger partial charge in [0.15, 0.2) is 11.4 Å². The van der Waals surface area contributed by atoms with Gasteiger partial charge in [0.1, 0.15) is 0 Å². The summed E-state index contributed by atoms with van der Waals surface area (Å²) in [6.07, 6.45) is 0. The molecule has 1 N–H and O–H groups in total. The molecule has 26 heavy (non-hydrogen) atoms. The third-order valence-corrected chi connectivity index (χ3v) is 4.99. The first-order chi connectivity index (χ1) is 12.7. The highest BCUT2D eigenvalue weighted by Crippen LogP contribution is 2.38. The molecule has 3 nitrogen and oxygen atoms in total. The number of rotatable bonds is 4. The number of imidazole rings is 1. The topological polar surface area (TPSA) is 38.0 Å². The molecule has 0 aliphatic heterocycles. The Bertz CT molecular complexity index is 996. The molecule has 0 saturated carbocycles. The molecule has 3 aromatic carbocycles. The molecule has 1 heterocycles. The number of hydrogen-bond donors (Lipinski definition) is 1. The SMILES string of the molecule is CCn1c(C(O)(c2ccccc2)c2ccccc2)nc2cccc(C)c21. The van der Waals surface area contributed by atoms with Crippen LogP contribution in [0.2, 0.25) is 0 Å². The van der Waals surface area contributed by atoms with E-state index in [4.69, 9.17) is 4.98 Å². The maximum atomic E-state index is 12.0. The molecule has 0 unspecified atom stereocenters. The van der Waals surface area contributed by atoms with Crippen LogP contribution >= 0.6 is 0 Å². The third kappa shape index (κ3) is 2.44. The fourth-order valence-corrected chi connectivity index (χ4v) is 3.73. The minimum absolute atomic E-state index is 0.654. The molecule has 1 aromatic heterocycles. The number of benzene rings is 3. The second kappa shape index (κ2) is 6.43. The number of nitrogens with zero attached hydrogens (tertiary/aromatic N) is 2. The Labute approximate surface area is 153 Å². The van der Waals surface area contributed by atoms with Crippen molar-refractivity contribution in [3.8, 4) is 0 Å². The largest absolute Gasteiger partial charge is 0.373 e. The lowest BCUT2D eigenvalue weighted by Gasteiger charge is -2.29. The van der Waals surface area contributed by atoms with Gasteiger partial charge in [-0.3, -0.25) is 0 Å². The minimum Gasteiger partial charge on any atom is -0.373 e. The molecule has 4 aromatic rings. The molecule has 0 amide bonds. The van der Waals surface area contributed by atoms with Crippen LogP contribution < -0.4 is 0 Å². The second-order valence-corrected chi connectivity index (χ2v) is 6.56. The van der Waals surface area contributed by atoms with E-state index in [0.29, 0.717) is 5.82 Å². The van der Waals surface area contributed by atoms with Crippen molar-refractivity contribution in [3.05, 3.63) is 101 Å². The second-order valence-electron chi connectivity index (χ2n) is 6.56. The molecule has 0 bridgehead atoms. The predicted octanol–water partition coefficient (Wildman–Crippen LogP) is 4.65. The average Bonchev–Trinajstić information content (AvgIpc) is 3.09. The molecule has 0 saturated heterocycles. The lowest BCUT2D eigenvalue weighted by molar-refractivity contribution is 0.112. The van der Waals surface area contributed by atoms with Gasteiger partial charge in [0.05, 0.1) is 11.0 Å². The Morgan fingerprint density at radius 3 is 1.96 bits per heavy atom. The van der Waals surface area contributed by atoms with Crippen LogP contribution in [0.5, 0.6) is 0 Å². The summed E-state index contributed by atoms with van der Waals surface area (Å²) >= 11 is 0. The maximum Gasteiger partial charge on any atom is 0.173 e. The van der Waals surface area contributed by atoms with Crippen molar-refractivity contribution in [2.45, 2.75) is 26.0 Å². The van der Waals surface area contributed by atoms with E-state index in [1.165, 1.54) is 0 Å². The molecular weight excluding hydrogens is 320 g/mol. The molecule has 0 fully saturated rings. The van der Waals surface area contributed by atoms with Crippen LogP contribution in [-0.4, -0.2) is 14.7 Å². The average molecular weight is 342 g/mol. The smallest absolute Gasteiger partial charge is 0.173 e. The van der Waals surface area contributed by atoms with Crippen molar-refractivity contribution in [1.29, 1.82) is 0 Å². The summed E-state index contributed by atoms with van der Waals surface area (Å²) in [6.45, 7) is 4.91. The number of aryl methyl sites for hydroxylation is 2. The summed E-state index contributed by atoms with van der Waals surface area (Å²) in [5.74, 6) is 0.654. The zero-order valence-electron chi connectivity index (χ0n) is 15.1. The van der Waals surface area contributed by atoms with Crippen molar-refractivity contribution in [2.24, 2.45) is 0 Å². The lowest BCUT2D eigenvalue weighted by atomic mass is 9.85. The molecule has 4 rings (SSSR count). The standard InChI is InChI=1S/C23H22N2O/c1-3-25-21-17(2)11-10-16-20(21)24-22(25)23(26,18-12-6-4-7-13-18)19-14-8-5-9-15-19/h4-16,26H,3H2,1-2H3. The quantitative estimate of drug-likeness (QED) is 0.586. The summed E-state index contributed by atoms with van der Waals surface area (Å²) in [5.41, 5.74) is 3.46. The van der Waals surface area contributed by atoms with Gasteiger partial charge in [-0.05, 0) is 36.6 Å². The summed E-state index contributed by atoms with van der Waals surface area (Å²) in [4.78, 5) is 4.88. The first kappa shape index (κ1) is 16.6. The van der Waals surface area contributed by atoms with Gasteiger partial charge < -0.3 is 9.67 Å². The van der Waals surface area contributed by atoms with Gasteiger partial charge in [0, 0.05) is 6.54 Å². The Morgan fingerprint density at radius 1 is 0.846 bits per heavy atom. The fourth-order valence-electron chi connectivity index (χ4n) is 3.73. The van der Waals surface area contributed by atoms with E-state index in [1.54, 1.807) is 0 Å². The van der Waals surface area contributed by atoms with Crippen LogP contribution in [-0.2, 0) is 12.1 Å². The number of para-hydroxylation sites is 1. The number of fused-ring (bicyclic) bond motifs is 1. The van der Waals surface area contributed by atoms with Crippen molar-refractivity contribution in [2.75, 3.05) is 0 Å². The van der Waals surface area contributed by atoms with E-state index in [-0.39, 0.29) is 0 Å². The summed E-state index contributed by atoms with van der Waals surface area (Å²) in [7, 11) is 0. The third-order valence-electron chi connectivity index (χ3n) is 4.99. The monoisotopic (exact) mass is 342 g/mol. The predicted molar refractivity (Wildman–Crippen MR) is 105 cm³/mol. The summed E-state index contributed by atoms with van der Waals surface area (Å²) in [6, 6.07) is 25.7. The van der Waals surface area contributed by atoms with Gasteiger partial charge in [-0.2, -0.15) is 0 Å². The molecule has 3 heteroatoms. The fraction of sp³-hybridized carbons (Fsp3) is 0.174. The van der Waals surface area contributed by atoms with Gasteiger partial charge >= 0.3 is 0 Å². The zero-order chi connectivity index (χ0) is 18.1. The van der Waals surface area contributed by atoms with E-state index in [9.17, 15) is 5.11 Å². The highest BCUT2D eigenvalue weighted by atomic mass is 16.3. The molecule has 0 spiro atoms. The molecule has 0 radical (unpaired) electrons. The van der Waals surface area contributed by atoms with E-state index in [0.717, 1.165) is 34.3 Å². The summed E-state index contributed by atoms with van der Waals surface area (Å²) < 4.78 is 2.13. The minimum atomic E-state index is -1.32. The van der Waals surface area contributed by atoms with E-state index in [1.807, 2.05) is 72.8 Å². The van der Waals surface area contributed by atoms with Gasteiger partial charge in [0.25, 0.3) is 0 Å². The first-order valence-corrected chi connectivity index (χ1v) is 8.96. The van der Waals surface area contributed by atoms with E-state index in [2.05, 4.69) is 24.5 Å². The van der Waals surface area contributed by atoms with Gasteiger partial charge in [-0.15, -0.1) is 0 Å². The van der Waals surface area contributed by atoms with E-state index >= 15 is 0 Å². The number of aromatic nitrogens is 2. The van der Waals surface area contributed by atoms with Crippen LogP contribution in [0.15, 0.2) is 78.9 Å². The first-order valence-electron chi connectivity index (χ1n) is 8.96. The van der Waals surface area contributed by atoms with Gasteiger partial charge in [-0.25, -0.2) is 4.98 Å². The van der Waals surface area contributed by atoms with Crippen molar-refractivity contribution in [3.63, 3.8) is 0 Å². The van der Waals surface area contributed by atoms with Gasteiger partial charge in [-0.1, -0.05) is 72.8 Å². The number of hydrogen-bond acceptors (Lipinski definition) is 2. The maximum absolute atomic E-state index is 12.0. The molecule has 0 aliphatic carbocycles. The Hall–Kier alpha value is -2.91. The van der Waals surface area contributed by atoms with Crippen molar-refractivity contribution >= 4 is 11.0 Å². The van der Waals surface area contributed by atoms with Crippen LogP contribution in [0, 0.1) is 6.92 Å². The Kier molecular flexibility index (Phi) is 4.09. The number of aliphatic hydroxyl groups is 1. The molecular formula is C23H22N2O. The molecule has 130 valence electrons. The van der Waals surface area contributed by atoms with Crippen molar-refractivity contribution < 1.29 is 5.11 Å². The Morgan fingerprint density at radius 2 is 1.42 bits per heavy atom. The van der Waals surface area contributed by atoms with Crippen LogP contribution in [0.1, 0.15) is 29.4 Å². The van der Waals surface area contributed by atoms with E-state index < -0.39 is 5.60 Å². The van der Waals surface area contributed by atoms with Crippen LogP contribution in [0.25, 0.3) is 11.0 Å². The van der Waals surface area contributed by atoms with Crippen molar-refractivity contribution in [1.82, 2.24) is 9.55 Å². The molecule has 0 aliphatic rings. The van der Waals surface area contributed by atoms with Crippen LogP contribution in [0.3, 0.4) is 0 Å². The zero-order valence-corrected chi connectivity index (χ0v) is 15.1.